The molecule has 1 atom stereocenters. The average molecular weight is 391 g/mol. The maximum absolute atomic E-state index is 9.29. The van der Waals surface area contributed by atoms with Gasteiger partial charge in [-0.3, -0.25) is 0 Å². The van der Waals surface area contributed by atoms with Crippen LogP contribution in [0.25, 0.3) is 0 Å². The maximum atomic E-state index is 9.29. The zero-order chi connectivity index (χ0) is 20.4. The Labute approximate surface area is 170 Å². The number of ether oxygens (including phenoxy) is 3. The molecule has 0 radical (unpaired) electrons. The molecule has 0 spiro atoms. The van der Waals surface area contributed by atoms with E-state index in [2.05, 4.69) is 13.8 Å². The minimum Gasteiger partial charge on any atom is -0.394 e. The van der Waals surface area contributed by atoms with E-state index in [1.54, 1.807) is 0 Å². The first-order valence-electron chi connectivity index (χ1n) is 11.6. The molecule has 0 heterocycles. The van der Waals surface area contributed by atoms with Crippen LogP contribution in [0.5, 0.6) is 0 Å². The van der Waals surface area contributed by atoms with Gasteiger partial charge in [0.1, 0.15) is 6.10 Å². The first kappa shape index (κ1) is 29.0. The number of aliphatic hydroxyl groups is 1. The molecule has 0 saturated carbocycles. The highest BCUT2D eigenvalue weighted by Gasteiger charge is 2.07. The molecule has 4 nitrogen and oxygen atoms in total. The number of aliphatic hydroxyl groups excluding tert-OH is 1. The van der Waals surface area contributed by atoms with Crippen LogP contribution in [0.3, 0.4) is 0 Å². The topological polar surface area (TPSA) is 47.9 Å². The molecule has 0 amide bonds. The van der Waals surface area contributed by atoms with Crippen LogP contribution in [-0.2, 0) is 14.2 Å². The van der Waals surface area contributed by atoms with Crippen molar-refractivity contribution in [3.63, 3.8) is 0 Å². The van der Waals surface area contributed by atoms with Crippen molar-refractivity contribution in [1.29, 1.82) is 0 Å². The fourth-order valence-electron chi connectivity index (χ4n) is 2.69. The minimum atomic E-state index is -0.143. The Balaban J connectivity index is 0. The minimum absolute atomic E-state index is 0.0618. The van der Waals surface area contributed by atoms with E-state index in [1.807, 2.05) is 13.8 Å². The summed E-state index contributed by atoms with van der Waals surface area (Å²) in [5.41, 5.74) is 0. The molecule has 0 aromatic heterocycles. The predicted octanol–water partition coefficient (Wildman–Crippen LogP) is 6.14. The molecule has 1 N–H and O–H groups in total. The number of hydrogen-bond donors (Lipinski definition) is 1. The molecule has 0 rings (SSSR count). The molecule has 0 aromatic carbocycles. The molecule has 27 heavy (non-hydrogen) atoms. The Morgan fingerprint density at radius 1 is 0.593 bits per heavy atom. The Hall–Kier alpha value is -0.160. The largest absolute Gasteiger partial charge is 0.394 e. The molecule has 0 aliphatic carbocycles. The summed E-state index contributed by atoms with van der Waals surface area (Å²) in [6, 6.07) is 0. The van der Waals surface area contributed by atoms with Crippen molar-refractivity contribution >= 4 is 0 Å². The highest BCUT2D eigenvalue weighted by atomic mass is 16.5. The van der Waals surface area contributed by atoms with Gasteiger partial charge in [0.25, 0.3) is 0 Å². The van der Waals surface area contributed by atoms with Crippen LogP contribution in [0.2, 0.25) is 0 Å². The normalized spacial score (nSPS) is 11.9. The maximum Gasteiger partial charge on any atom is 0.104 e. The van der Waals surface area contributed by atoms with Gasteiger partial charge in [0, 0.05) is 26.4 Å². The van der Waals surface area contributed by atoms with E-state index in [-0.39, 0.29) is 12.7 Å². The zero-order valence-electron chi connectivity index (χ0n) is 19.0. The summed E-state index contributed by atoms with van der Waals surface area (Å²) < 4.78 is 16.1. The van der Waals surface area contributed by atoms with Gasteiger partial charge in [-0.05, 0) is 26.7 Å². The third-order valence-electron chi connectivity index (χ3n) is 4.41. The van der Waals surface area contributed by atoms with Crippen LogP contribution >= 0.6 is 0 Å². The second kappa shape index (κ2) is 28.1. The molecule has 1 unspecified atom stereocenters. The van der Waals surface area contributed by atoms with E-state index in [1.165, 1.54) is 64.2 Å². The van der Waals surface area contributed by atoms with Gasteiger partial charge in [-0.25, -0.2) is 0 Å². The Morgan fingerprint density at radius 3 is 1.52 bits per heavy atom. The van der Waals surface area contributed by atoms with E-state index in [9.17, 15) is 5.11 Å². The van der Waals surface area contributed by atoms with Crippen molar-refractivity contribution < 1.29 is 19.3 Å². The van der Waals surface area contributed by atoms with Gasteiger partial charge in [-0.2, -0.15) is 0 Å². The molecule has 0 bridgehead atoms. The van der Waals surface area contributed by atoms with Crippen LogP contribution in [0.15, 0.2) is 0 Å². The number of hydrogen-bond acceptors (Lipinski definition) is 4. The Kier molecular flexibility index (Phi) is 30.2. The molecular weight excluding hydrogens is 340 g/mol. The monoisotopic (exact) mass is 390 g/mol. The lowest BCUT2D eigenvalue weighted by Gasteiger charge is -2.15. The fraction of sp³-hybridized carbons (Fsp3) is 1.00. The quantitative estimate of drug-likeness (QED) is 0.253. The summed E-state index contributed by atoms with van der Waals surface area (Å²) in [7, 11) is 0. The summed E-state index contributed by atoms with van der Waals surface area (Å²) in [6.07, 6.45) is 15.1. The van der Waals surface area contributed by atoms with Crippen molar-refractivity contribution in [1.82, 2.24) is 0 Å². The second-order valence-electron chi connectivity index (χ2n) is 7.07. The first-order valence-corrected chi connectivity index (χ1v) is 11.6. The van der Waals surface area contributed by atoms with Crippen LogP contribution in [0, 0.1) is 0 Å². The first-order chi connectivity index (χ1) is 13.3. The number of unbranched alkanes of at least 4 members (excludes halogenated alkanes) is 10. The predicted molar refractivity (Wildman–Crippen MR) is 117 cm³/mol. The molecular formula is C23H50O4. The van der Waals surface area contributed by atoms with Crippen molar-refractivity contribution in [2.75, 3.05) is 39.6 Å². The summed E-state index contributed by atoms with van der Waals surface area (Å²) in [6.45, 7) is 12.3. The molecule has 0 aliphatic heterocycles. The van der Waals surface area contributed by atoms with Crippen molar-refractivity contribution in [3.05, 3.63) is 0 Å². The van der Waals surface area contributed by atoms with E-state index in [4.69, 9.17) is 14.2 Å². The average Bonchev–Trinajstić information content (AvgIpc) is 2.68. The molecule has 4 heteroatoms. The van der Waals surface area contributed by atoms with Crippen LogP contribution in [0.4, 0.5) is 0 Å². The van der Waals surface area contributed by atoms with Crippen LogP contribution in [-0.4, -0.2) is 50.9 Å². The van der Waals surface area contributed by atoms with Gasteiger partial charge in [-0.15, -0.1) is 0 Å². The van der Waals surface area contributed by atoms with Gasteiger partial charge in [0.05, 0.1) is 13.2 Å². The van der Waals surface area contributed by atoms with Gasteiger partial charge >= 0.3 is 0 Å². The SMILES string of the molecule is CCCCCCCCOCC(CO)OCCCCCCCC.CCOCC. The standard InChI is InChI=1S/C19H40O3.C4H10O/c1-3-5-7-9-11-13-15-21-18-19(17-20)22-16-14-12-10-8-6-4-2;1-3-5-4-2/h19-20H,3-18H2,1-2H3;3-4H2,1-2H3. The fourth-order valence-corrected chi connectivity index (χ4v) is 2.69. The molecule has 166 valence electrons. The second-order valence-corrected chi connectivity index (χ2v) is 7.07. The van der Waals surface area contributed by atoms with Crippen LogP contribution < -0.4 is 0 Å². The molecule has 0 aliphatic rings. The van der Waals surface area contributed by atoms with E-state index in [0.717, 1.165) is 39.3 Å². The van der Waals surface area contributed by atoms with Crippen molar-refractivity contribution in [3.8, 4) is 0 Å². The highest BCUT2D eigenvalue weighted by molar-refractivity contribution is 4.55. The summed E-state index contributed by atoms with van der Waals surface area (Å²) in [4.78, 5) is 0. The van der Waals surface area contributed by atoms with Crippen molar-refractivity contribution in [2.24, 2.45) is 0 Å². The smallest absolute Gasteiger partial charge is 0.104 e. The number of rotatable bonds is 20. The van der Waals surface area contributed by atoms with Gasteiger partial charge < -0.3 is 19.3 Å². The van der Waals surface area contributed by atoms with Gasteiger partial charge in [-0.1, -0.05) is 78.1 Å². The van der Waals surface area contributed by atoms with Crippen molar-refractivity contribution in [2.45, 2.75) is 111 Å². The van der Waals surface area contributed by atoms with Crippen LogP contribution in [0.1, 0.15) is 105 Å². The summed E-state index contributed by atoms with van der Waals surface area (Å²) in [5, 5.41) is 9.29. The van der Waals surface area contributed by atoms with Gasteiger partial charge in [0.2, 0.25) is 0 Å². The van der Waals surface area contributed by atoms with E-state index >= 15 is 0 Å². The summed E-state index contributed by atoms with van der Waals surface area (Å²) in [5.74, 6) is 0. The lowest BCUT2D eigenvalue weighted by molar-refractivity contribution is -0.0437. The Morgan fingerprint density at radius 2 is 1.07 bits per heavy atom. The lowest BCUT2D eigenvalue weighted by atomic mass is 10.1. The third-order valence-corrected chi connectivity index (χ3v) is 4.41. The Bertz CT molecular complexity index is 234. The zero-order valence-corrected chi connectivity index (χ0v) is 19.0. The van der Waals surface area contributed by atoms with E-state index < -0.39 is 0 Å². The van der Waals surface area contributed by atoms with Gasteiger partial charge in [0.15, 0.2) is 0 Å². The van der Waals surface area contributed by atoms with E-state index in [0.29, 0.717) is 6.61 Å². The molecule has 0 aromatic rings. The third kappa shape index (κ3) is 28.2. The lowest BCUT2D eigenvalue weighted by Crippen LogP contribution is -2.24. The molecule has 0 fully saturated rings. The highest BCUT2D eigenvalue weighted by Crippen LogP contribution is 2.07. The summed E-state index contributed by atoms with van der Waals surface area (Å²) >= 11 is 0. The molecule has 0 saturated heterocycles.